The van der Waals surface area contributed by atoms with Crippen molar-refractivity contribution in [3.63, 3.8) is 0 Å². The molecule has 0 aromatic rings. The Morgan fingerprint density at radius 1 is 1.50 bits per heavy atom. The lowest BCUT2D eigenvalue weighted by Crippen LogP contribution is -2.49. The molecule has 16 heavy (non-hydrogen) atoms. The summed E-state index contributed by atoms with van der Waals surface area (Å²) in [5, 5.41) is 0. The minimum absolute atomic E-state index is 0.0602. The highest BCUT2D eigenvalue weighted by molar-refractivity contribution is 5.86. The number of likely N-dealkylation sites (N-methyl/N-ethyl adjacent to an activating group) is 1. The first-order valence-electron chi connectivity index (χ1n) is 6.13. The van der Waals surface area contributed by atoms with E-state index in [9.17, 15) is 4.79 Å². The fourth-order valence-electron chi connectivity index (χ4n) is 3.50. The van der Waals surface area contributed by atoms with Crippen LogP contribution in [0.1, 0.15) is 26.7 Å². The Bertz CT molecular complexity index is 317. The first kappa shape index (κ1) is 10.7. The summed E-state index contributed by atoms with van der Waals surface area (Å²) in [4.78, 5) is 14.0. The lowest BCUT2D eigenvalue weighted by Gasteiger charge is -2.33. The second-order valence-corrected chi connectivity index (χ2v) is 5.47. The number of hydrogen-bond donors (Lipinski definition) is 0. The van der Waals surface area contributed by atoms with E-state index >= 15 is 0 Å². The molecule has 0 saturated carbocycles. The van der Waals surface area contributed by atoms with Gasteiger partial charge in [-0.1, -0.05) is 0 Å². The van der Waals surface area contributed by atoms with E-state index in [1.807, 2.05) is 20.9 Å². The molecule has 2 bridgehead atoms. The van der Waals surface area contributed by atoms with E-state index < -0.39 is 0 Å². The van der Waals surface area contributed by atoms with Crippen LogP contribution in [0.2, 0.25) is 0 Å². The first-order chi connectivity index (χ1) is 7.58. The van der Waals surface area contributed by atoms with Gasteiger partial charge in [-0.3, -0.25) is 9.69 Å². The highest BCUT2D eigenvalue weighted by atomic mass is 16.7. The van der Waals surface area contributed by atoms with Crippen LogP contribution in [0, 0.1) is 5.92 Å². The van der Waals surface area contributed by atoms with Gasteiger partial charge in [0.15, 0.2) is 12.1 Å². The lowest BCUT2D eigenvalue weighted by atomic mass is 9.98. The third-order valence-electron chi connectivity index (χ3n) is 4.12. The Morgan fingerprint density at radius 3 is 2.94 bits per heavy atom. The average Bonchev–Trinajstić information content (AvgIpc) is 2.61. The molecule has 0 amide bonds. The van der Waals surface area contributed by atoms with Crippen molar-refractivity contribution in [1.82, 2.24) is 4.90 Å². The third kappa shape index (κ3) is 1.36. The monoisotopic (exact) mass is 225 g/mol. The number of carbonyl (C=O) groups is 1. The van der Waals surface area contributed by atoms with Crippen molar-refractivity contribution in [2.75, 3.05) is 7.05 Å². The zero-order valence-corrected chi connectivity index (χ0v) is 10.1. The first-order valence-corrected chi connectivity index (χ1v) is 6.13. The normalized spacial score (nSPS) is 47.0. The van der Waals surface area contributed by atoms with E-state index in [0.717, 1.165) is 6.42 Å². The van der Waals surface area contributed by atoms with Crippen LogP contribution in [0.5, 0.6) is 0 Å². The largest absolute Gasteiger partial charge is 0.350 e. The lowest BCUT2D eigenvalue weighted by molar-refractivity contribution is -0.179. The molecule has 0 aliphatic carbocycles. The van der Waals surface area contributed by atoms with Crippen molar-refractivity contribution in [1.29, 1.82) is 0 Å². The second-order valence-electron chi connectivity index (χ2n) is 5.47. The summed E-state index contributed by atoms with van der Waals surface area (Å²) in [5.74, 6) is 0.725. The quantitative estimate of drug-likeness (QED) is 0.696. The number of ether oxygens (including phenoxy) is 2. The summed E-state index contributed by atoms with van der Waals surface area (Å²) < 4.78 is 11.7. The van der Waals surface area contributed by atoms with Gasteiger partial charge in [-0.2, -0.15) is 0 Å². The van der Waals surface area contributed by atoms with Gasteiger partial charge in [0.25, 0.3) is 0 Å². The van der Waals surface area contributed by atoms with Crippen molar-refractivity contribution in [3.8, 4) is 0 Å². The van der Waals surface area contributed by atoms with Gasteiger partial charge in [-0.15, -0.1) is 0 Å². The Balaban J connectivity index is 1.82. The van der Waals surface area contributed by atoms with E-state index in [1.165, 1.54) is 0 Å². The fraction of sp³-hybridized carbons (Fsp3) is 0.917. The van der Waals surface area contributed by atoms with Crippen LogP contribution in [-0.4, -0.2) is 48.3 Å². The van der Waals surface area contributed by atoms with Gasteiger partial charge < -0.3 is 9.47 Å². The maximum absolute atomic E-state index is 11.8. The molecule has 5 atom stereocenters. The van der Waals surface area contributed by atoms with Crippen molar-refractivity contribution in [2.45, 2.75) is 57.3 Å². The molecule has 0 aromatic carbocycles. The predicted molar refractivity (Wildman–Crippen MR) is 58.0 cm³/mol. The topological polar surface area (TPSA) is 38.8 Å². The molecule has 3 rings (SSSR count). The molecular weight excluding hydrogens is 206 g/mol. The van der Waals surface area contributed by atoms with E-state index in [1.54, 1.807) is 0 Å². The molecular formula is C12H19NO3. The molecule has 4 heteroatoms. The predicted octanol–water partition coefficient (Wildman–Crippen LogP) is 0.798. The highest BCUT2D eigenvalue weighted by Crippen LogP contribution is 2.46. The molecule has 1 unspecified atom stereocenters. The van der Waals surface area contributed by atoms with Crippen LogP contribution < -0.4 is 0 Å². The number of ketones is 1. The van der Waals surface area contributed by atoms with Crippen LogP contribution in [0.3, 0.4) is 0 Å². The second kappa shape index (κ2) is 3.52. The summed E-state index contributed by atoms with van der Waals surface area (Å²) >= 11 is 0. The van der Waals surface area contributed by atoms with Crippen molar-refractivity contribution < 1.29 is 14.3 Å². The number of hydrogen-bond acceptors (Lipinski definition) is 4. The van der Waals surface area contributed by atoms with Crippen molar-refractivity contribution in [3.05, 3.63) is 0 Å². The van der Waals surface area contributed by atoms with Crippen LogP contribution in [0.25, 0.3) is 0 Å². The summed E-state index contributed by atoms with van der Waals surface area (Å²) in [6.07, 6.45) is 1.63. The summed E-state index contributed by atoms with van der Waals surface area (Å²) in [6, 6.07) is 0.514. The Labute approximate surface area is 95.9 Å². The van der Waals surface area contributed by atoms with Gasteiger partial charge in [-0.25, -0.2) is 0 Å². The van der Waals surface area contributed by atoms with Crippen LogP contribution >= 0.6 is 0 Å². The van der Waals surface area contributed by atoms with Crippen LogP contribution in [-0.2, 0) is 14.3 Å². The summed E-state index contributed by atoms with van der Waals surface area (Å²) in [5.41, 5.74) is 0. The van der Waals surface area contributed by atoms with Gasteiger partial charge in [0.2, 0.25) is 0 Å². The molecule has 3 aliphatic heterocycles. The maximum Gasteiger partial charge on any atom is 0.162 e. The van der Waals surface area contributed by atoms with Crippen LogP contribution in [0.15, 0.2) is 0 Å². The minimum Gasteiger partial charge on any atom is -0.350 e. The van der Waals surface area contributed by atoms with Gasteiger partial charge in [0, 0.05) is 18.4 Å². The third-order valence-corrected chi connectivity index (χ3v) is 4.12. The zero-order valence-electron chi connectivity index (χ0n) is 10.1. The molecule has 3 fully saturated rings. The number of carbonyl (C=O) groups excluding carboxylic acids is 1. The number of Topliss-reactive ketones (excluding diaryl/α,β-unsaturated/α-hetero) is 1. The summed E-state index contributed by atoms with van der Waals surface area (Å²) in [7, 11) is 2.04. The molecule has 0 radical (unpaired) electrons. The average molecular weight is 225 g/mol. The fourth-order valence-corrected chi connectivity index (χ4v) is 3.50. The molecule has 0 spiro atoms. The van der Waals surface area contributed by atoms with Crippen molar-refractivity contribution in [2.24, 2.45) is 5.92 Å². The van der Waals surface area contributed by atoms with E-state index in [2.05, 4.69) is 4.90 Å². The molecule has 3 saturated heterocycles. The number of rotatable bonds is 2. The Morgan fingerprint density at radius 2 is 2.25 bits per heavy atom. The van der Waals surface area contributed by atoms with Gasteiger partial charge in [0.05, 0.1) is 18.2 Å². The molecule has 0 N–H and O–H groups in total. The molecule has 3 aliphatic rings. The van der Waals surface area contributed by atoms with Gasteiger partial charge >= 0.3 is 0 Å². The van der Waals surface area contributed by atoms with E-state index in [-0.39, 0.29) is 24.5 Å². The van der Waals surface area contributed by atoms with E-state index in [0.29, 0.717) is 24.2 Å². The standard InChI is InChI=1S/C12H19NO3/c1-6(2)15-12-7-4-8-9(14)5-10(16-12)11(7)13(8)3/h6-8,10-12H,4-5H2,1-3H3/t7-,8-,10?,11+,12-/m1/s1. The van der Waals surface area contributed by atoms with Crippen molar-refractivity contribution >= 4 is 5.78 Å². The number of fused-ring (bicyclic) bond motifs is 1. The molecule has 0 aromatic heterocycles. The SMILES string of the molecule is CC(C)O[C@@H]1OC2CC(=O)[C@H]3C[C@@H]1[C@@H]2N3C. The molecule has 4 nitrogen and oxygen atoms in total. The number of nitrogens with zero attached hydrogens (tertiary/aromatic N) is 1. The minimum atomic E-state index is -0.101. The zero-order chi connectivity index (χ0) is 11.4. The molecule has 3 heterocycles. The van der Waals surface area contributed by atoms with E-state index in [4.69, 9.17) is 9.47 Å². The summed E-state index contributed by atoms with van der Waals surface area (Å²) in [6.45, 7) is 4.05. The highest BCUT2D eigenvalue weighted by Gasteiger charge is 2.59. The Hall–Kier alpha value is -0.450. The number of piperidine rings is 1. The van der Waals surface area contributed by atoms with Gasteiger partial charge in [-0.05, 0) is 27.3 Å². The Kier molecular flexibility index (Phi) is 2.35. The van der Waals surface area contributed by atoms with Gasteiger partial charge in [0.1, 0.15) is 0 Å². The maximum atomic E-state index is 11.8. The molecule has 90 valence electrons. The van der Waals surface area contributed by atoms with Crippen LogP contribution in [0.4, 0.5) is 0 Å². The smallest absolute Gasteiger partial charge is 0.162 e.